The number of rotatable bonds is 6. The number of sulfonamides is 1. The Bertz CT molecular complexity index is 859. The molecule has 2 aromatic rings. The van der Waals surface area contributed by atoms with Crippen LogP contribution in [0.3, 0.4) is 0 Å². The van der Waals surface area contributed by atoms with Crippen molar-refractivity contribution >= 4 is 27.5 Å². The molecule has 2 aromatic carbocycles. The normalized spacial score (nSPS) is 10.7. The van der Waals surface area contributed by atoms with Gasteiger partial charge in [0.2, 0.25) is 0 Å². The number of nitrogens with zero attached hydrogens (tertiary/aromatic N) is 1. The number of carbonyl (C=O) groups excluding carboxylic acids is 1. The van der Waals surface area contributed by atoms with E-state index in [2.05, 4.69) is 0 Å². The van der Waals surface area contributed by atoms with E-state index < -0.39 is 15.9 Å². The van der Waals surface area contributed by atoms with Crippen LogP contribution in [0, 0.1) is 11.3 Å². The summed E-state index contributed by atoms with van der Waals surface area (Å²) in [6.45, 7) is -0.377. The van der Waals surface area contributed by atoms with Gasteiger partial charge in [0, 0.05) is 5.02 Å². The summed E-state index contributed by atoms with van der Waals surface area (Å²) in [6, 6.07) is 13.5. The third kappa shape index (κ3) is 4.96. The standard InChI is InChI=1S/C15H12ClN3O4S/c16-12-3-5-13(6-4-12)23-10-15(20)18-19-24(21,22)14-7-1-11(9-17)2-8-14/h1-8,19H,10H2,(H,18,20). The lowest BCUT2D eigenvalue weighted by atomic mass is 10.2. The molecule has 0 spiro atoms. The Morgan fingerprint density at radius 1 is 1.12 bits per heavy atom. The van der Waals surface area contributed by atoms with E-state index in [4.69, 9.17) is 21.6 Å². The summed E-state index contributed by atoms with van der Waals surface area (Å²) in [5.74, 6) is -0.258. The Morgan fingerprint density at radius 3 is 2.33 bits per heavy atom. The van der Waals surface area contributed by atoms with E-state index in [9.17, 15) is 13.2 Å². The second-order valence-corrected chi connectivity index (χ2v) is 6.65. The monoisotopic (exact) mass is 365 g/mol. The first kappa shape index (κ1) is 17.7. The maximum absolute atomic E-state index is 12.0. The average Bonchev–Trinajstić information content (AvgIpc) is 2.59. The number of nitriles is 1. The summed E-state index contributed by atoms with van der Waals surface area (Å²) in [7, 11) is -3.93. The molecule has 0 atom stereocenters. The number of hydrazine groups is 1. The molecule has 0 aliphatic carbocycles. The molecule has 0 aliphatic heterocycles. The van der Waals surface area contributed by atoms with E-state index in [0.717, 1.165) is 0 Å². The minimum atomic E-state index is -3.93. The van der Waals surface area contributed by atoms with Gasteiger partial charge in [0.25, 0.3) is 15.9 Å². The number of nitrogens with one attached hydrogen (secondary N) is 2. The fraction of sp³-hybridized carbons (Fsp3) is 0.0667. The van der Waals surface area contributed by atoms with Crippen LogP contribution in [-0.2, 0) is 14.8 Å². The van der Waals surface area contributed by atoms with Crippen molar-refractivity contribution in [2.24, 2.45) is 0 Å². The van der Waals surface area contributed by atoms with E-state index in [1.54, 1.807) is 24.3 Å². The first-order chi connectivity index (χ1) is 11.4. The first-order valence-corrected chi connectivity index (χ1v) is 8.46. The fourth-order valence-electron chi connectivity index (χ4n) is 1.61. The number of benzene rings is 2. The van der Waals surface area contributed by atoms with E-state index >= 15 is 0 Å². The molecule has 124 valence electrons. The molecule has 0 aliphatic rings. The van der Waals surface area contributed by atoms with Crippen molar-refractivity contribution in [2.75, 3.05) is 6.61 Å². The van der Waals surface area contributed by atoms with Crippen LogP contribution in [0.1, 0.15) is 5.56 Å². The second kappa shape index (κ2) is 7.79. The summed E-state index contributed by atoms with van der Waals surface area (Å²) in [5, 5.41) is 9.21. The van der Waals surface area contributed by atoms with Crippen LogP contribution in [0.15, 0.2) is 53.4 Å². The third-order valence-corrected chi connectivity index (χ3v) is 4.32. The lowest BCUT2D eigenvalue weighted by Gasteiger charge is -2.09. The van der Waals surface area contributed by atoms with E-state index in [-0.39, 0.29) is 11.5 Å². The molecule has 2 rings (SSSR count). The minimum absolute atomic E-state index is 0.0829. The van der Waals surface area contributed by atoms with Gasteiger partial charge in [-0.05, 0) is 48.5 Å². The zero-order valence-corrected chi connectivity index (χ0v) is 13.8. The van der Waals surface area contributed by atoms with Crippen molar-refractivity contribution in [1.29, 1.82) is 5.26 Å². The molecule has 0 heterocycles. The zero-order chi connectivity index (χ0) is 17.6. The Kier molecular flexibility index (Phi) is 5.76. The molecule has 0 aromatic heterocycles. The predicted octanol–water partition coefficient (Wildman–Crippen LogP) is 1.60. The molecular formula is C15H12ClN3O4S. The lowest BCUT2D eigenvalue weighted by Crippen LogP contribution is -2.43. The van der Waals surface area contributed by atoms with Crippen LogP contribution in [0.25, 0.3) is 0 Å². The van der Waals surface area contributed by atoms with E-state index in [1.807, 2.05) is 16.3 Å². The Morgan fingerprint density at radius 2 is 1.75 bits per heavy atom. The molecule has 7 nitrogen and oxygen atoms in total. The van der Waals surface area contributed by atoms with E-state index in [1.165, 1.54) is 24.3 Å². The third-order valence-electron chi connectivity index (χ3n) is 2.80. The topological polar surface area (TPSA) is 108 Å². The quantitative estimate of drug-likeness (QED) is 0.756. The SMILES string of the molecule is N#Cc1ccc(S(=O)(=O)NNC(=O)COc2ccc(Cl)cc2)cc1. The summed E-state index contributed by atoms with van der Waals surface area (Å²) < 4.78 is 29.1. The number of carbonyl (C=O) groups is 1. The summed E-state index contributed by atoms with van der Waals surface area (Å²) in [6.07, 6.45) is 0. The Labute approximate surface area is 143 Å². The van der Waals surface area contributed by atoms with Gasteiger partial charge in [-0.1, -0.05) is 11.6 Å². The maximum Gasteiger partial charge on any atom is 0.272 e. The van der Waals surface area contributed by atoms with Crippen molar-refractivity contribution < 1.29 is 17.9 Å². The molecule has 0 fully saturated rings. The van der Waals surface area contributed by atoms with Crippen molar-refractivity contribution in [3.63, 3.8) is 0 Å². The number of hydrogen-bond donors (Lipinski definition) is 2. The molecule has 2 N–H and O–H groups in total. The molecule has 24 heavy (non-hydrogen) atoms. The highest BCUT2D eigenvalue weighted by molar-refractivity contribution is 7.89. The van der Waals surface area contributed by atoms with Crippen LogP contribution in [0.4, 0.5) is 0 Å². The molecule has 9 heteroatoms. The minimum Gasteiger partial charge on any atom is -0.484 e. The zero-order valence-electron chi connectivity index (χ0n) is 12.2. The van der Waals surface area contributed by atoms with Crippen LogP contribution < -0.4 is 15.0 Å². The number of amides is 1. The molecule has 0 unspecified atom stereocenters. The van der Waals surface area contributed by atoms with Gasteiger partial charge in [0.15, 0.2) is 6.61 Å². The van der Waals surface area contributed by atoms with Crippen LogP contribution in [0.2, 0.25) is 5.02 Å². The Balaban J connectivity index is 1.87. The van der Waals surface area contributed by atoms with Crippen LogP contribution >= 0.6 is 11.6 Å². The first-order valence-electron chi connectivity index (χ1n) is 6.60. The highest BCUT2D eigenvalue weighted by Crippen LogP contribution is 2.15. The lowest BCUT2D eigenvalue weighted by molar-refractivity contribution is -0.123. The van der Waals surface area contributed by atoms with Gasteiger partial charge in [0.1, 0.15) is 5.75 Å². The highest BCUT2D eigenvalue weighted by Gasteiger charge is 2.15. The van der Waals surface area contributed by atoms with Gasteiger partial charge in [0.05, 0.1) is 16.5 Å². The van der Waals surface area contributed by atoms with E-state index in [0.29, 0.717) is 16.3 Å². The van der Waals surface area contributed by atoms with Crippen molar-refractivity contribution in [1.82, 2.24) is 10.3 Å². The maximum atomic E-state index is 12.0. The molecule has 1 amide bonds. The average molecular weight is 366 g/mol. The second-order valence-electron chi connectivity index (χ2n) is 4.53. The molecule has 0 saturated carbocycles. The molecule has 0 radical (unpaired) electrons. The smallest absolute Gasteiger partial charge is 0.272 e. The summed E-state index contributed by atoms with van der Waals surface area (Å²) in [4.78, 5) is 13.5. The Hall–Kier alpha value is -2.60. The van der Waals surface area contributed by atoms with Gasteiger partial charge in [-0.3, -0.25) is 10.2 Å². The number of hydrogen-bond acceptors (Lipinski definition) is 5. The fourth-order valence-corrected chi connectivity index (χ4v) is 2.59. The summed E-state index contributed by atoms with van der Waals surface area (Å²) >= 11 is 5.72. The van der Waals surface area contributed by atoms with Gasteiger partial charge >= 0.3 is 0 Å². The molecule has 0 bridgehead atoms. The summed E-state index contributed by atoms with van der Waals surface area (Å²) in [5.41, 5.74) is 2.37. The predicted molar refractivity (Wildman–Crippen MR) is 86.6 cm³/mol. The van der Waals surface area contributed by atoms with Gasteiger partial charge in [-0.2, -0.15) is 5.26 Å². The number of ether oxygens (including phenoxy) is 1. The van der Waals surface area contributed by atoms with Crippen molar-refractivity contribution in [3.8, 4) is 11.8 Å². The van der Waals surface area contributed by atoms with Crippen LogP contribution in [-0.4, -0.2) is 20.9 Å². The van der Waals surface area contributed by atoms with Gasteiger partial charge < -0.3 is 4.74 Å². The largest absolute Gasteiger partial charge is 0.484 e. The van der Waals surface area contributed by atoms with Crippen LogP contribution in [0.5, 0.6) is 5.75 Å². The van der Waals surface area contributed by atoms with Gasteiger partial charge in [-0.25, -0.2) is 8.42 Å². The molecular weight excluding hydrogens is 354 g/mol. The highest BCUT2D eigenvalue weighted by atomic mass is 35.5. The number of halogens is 1. The van der Waals surface area contributed by atoms with Crippen molar-refractivity contribution in [2.45, 2.75) is 4.90 Å². The molecule has 0 saturated heterocycles. The van der Waals surface area contributed by atoms with Crippen molar-refractivity contribution in [3.05, 3.63) is 59.1 Å². The van der Waals surface area contributed by atoms with Gasteiger partial charge in [-0.15, -0.1) is 4.83 Å².